The minimum absolute atomic E-state index is 0.112. The average Bonchev–Trinajstić information content (AvgIpc) is 2.81. The van der Waals surface area contributed by atoms with E-state index in [-0.39, 0.29) is 11.3 Å². The zero-order valence-electron chi connectivity index (χ0n) is 13.2. The topological polar surface area (TPSA) is 33.2 Å². The second-order valence-electron chi connectivity index (χ2n) is 5.85. The highest BCUT2D eigenvalue weighted by Gasteiger charge is 2.34. The van der Waals surface area contributed by atoms with E-state index in [1.807, 2.05) is 17.0 Å². The van der Waals surface area contributed by atoms with Crippen LogP contribution in [-0.4, -0.2) is 21.5 Å². The van der Waals surface area contributed by atoms with Gasteiger partial charge in [0.25, 0.3) is 0 Å². The van der Waals surface area contributed by atoms with Gasteiger partial charge in [0.2, 0.25) is 5.91 Å². The van der Waals surface area contributed by atoms with Crippen LogP contribution in [0.2, 0.25) is 0 Å². The molecular formula is C18H20N2OS. The highest BCUT2D eigenvalue weighted by atomic mass is 32.2. The van der Waals surface area contributed by atoms with Gasteiger partial charge in [0.1, 0.15) is 5.37 Å². The maximum Gasteiger partial charge on any atom is 0.234 e. The lowest BCUT2D eigenvalue weighted by Gasteiger charge is -2.27. The average molecular weight is 312 g/mol. The number of aryl methyl sites for hydroxylation is 3. The first-order chi connectivity index (χ1) is 10.6. The number of hydrogen-bond acceptors (Lipinski definition) is 3. The molecule has 1 aliphatic heterocycles. The molecule has 1 unspecified atom stereocenters. The molecule has 1 aromatic heterocycles. The number of nitrogens with zero attached hydrogens (tertiary/aromatic N) is 2. The summed E-state index contributed by atoms with van der Waals surface area (Å²) in [5.41, 5.74) is 6.22. The van der Waals surface area contributed by atoms with Gasteiger partial charge in [-0.25, -0.2) is 0 Å². The number of carbonyl (C=O) groups is 1. The predicted molar refractivity (Wildman–Crippen MR) is 90.6 cm³/mol. The molecule has 0 spiro atoms. The number of aromatic nitrogens is 1. The van der Waals surface area contributed by atoms with E-state index in [2.05, 4.69) is 37.9 Å². The SMILES string of the molecule is Cc1cc(C)c(C2SCC(=O)N2Cc2ccncc2)c(C)c1. The van der Waals surface area contributed by atoms with Gasteiger partial charge in [0.15, 0.2) is 0 Å². The Morgan fingerprint density at radius 1 is 1.18 bits per heavy atom. The third kappa shape index (κ3) is 2.88. The van der Waals surface area contributed by atoms with Crippen molar-refractivity contribution in [2.75, 3.05) is 5.75 Å². The molecule has 22 heavy (non-hydrogen) atoms. The molecular weight excluding hydrogens is 292 g/mol. The zero-order chi connectivity index (χ0) is 15.7. The number of benzene rings is 1. The zero-order valence-corrected chi connectivity index (χ0v) is 14.0. The lowest BCUT2D eigenvalue weighted by molar-refractivity contribution is -0.128. The number of carbonyl (C=O) groups excluding carboxylic acids is 1. The van der Waals surface area contributed by atoms with E-state index in [1.165, 1.54) is 22.3 Å². The monoisotopic (exact) mass is 312 g/mol. The van der Waals surface area contributed by atoms with Crippen LogP contribution in [0.1, 0.15) is 33.2 Å². The second kappa shape index (κ2) is 6.13. The summed E-state index contributed by atoms with van der Waals surface area (Å²) in [4.78, 5) is 18.4. The highest BCUT2D eigenvalue weighted by Crippen LogP contribution is 2.42. The normalized spacial score (nSPS) is 18.0. The van der Waals surface area contributed by atoms with Crippen LogP contribution in [0.3, 0.4) is 0 Å². The van der Waals surface area contributed by atoms with Gasteiger partial charge >= 0.3 is 0 Å². The van der Waals surface area contributed by atoms with Crippen molar-refractivity contribution in [3.05, 3.63) is 64.5 Å². The molecule has 1 aliphatic rings. The van der Waals surface area contributed by atoms with Crippen LogP contribution in [0, 0.1) is 20.8 Å². The van der Waals surface area contributed by atoms with Crippen LogP contribution in [0.15, 0.2) is 36.7 Å². The van der Waals surface area contributed by atoms with Crippen molar-refractivity contribution in [1.82, 2.24) is 9.88 Å². The van der Waals surface area contributed by atoms with Crippen molar-refractivity contribution in [3.63, 3.8) is 0 Å². The molecule has 1 saturated heterocycles. The van der Waals surface area contributed by atoms with Gasteiger partial charge in [0.05, 0.1) is 5.75 Å². The summed E-state index contributed by atoms with van der Waals surface area (Å²) in [5, 5.41) is 0.112. The third-order valence-corrected chi connectivity index (χ3v) is 5.27. The Labute approximate surface area is 135 Å². The van der Waals surface area contributed by atoms with Crippen molar-refractivity contribution in [3.8, 4) is 0 Å². The Balaban J connectivity index is 1.94. The van der Waals surface area contributed by atoms with Crippen LogP contribution < -0.4 is 0 Å². The number of pyridine rings is 1. The maximum atomic E-state index is 12.3. The summed E-state index contributed by atoms with van der Waals surface area (Å²) >= 11 is 1.73. The van der Waals surface area contributed by atoms with Gasteiger partial charge in [-0.2, -0.15) is 0 Å². The van der Waals surface area contributed by atoms with E-state index in [0.717, 1.165) is 5.56 Å². The van der Waals surface area contributed by atoms with Crippen molar-refractivity contribution in [1.29, 1.82) is 0 Å². The van der Waals surface area contributed by atoms with Gasteiger partial charge in [-0.15, -0.1) is 11.8 Å². The summed E-state index contributed by atoms with van der Waals surface area (Å²) in [6.45, 7) is 7.05. The minimum atomic E-state index is 0.112. The molecule has 0 bridgehead atoms. The molecule has 0 N–H and O–H groups in total. The number of hydrogen-bond donors (Lipinski definition) is 0. The molecule has 3 rings (SSSR count). The fraction of sp³-hybridized carbons (Fsp3) is 0.333. The Bertz CT molecular complexity index is 676. The molecule has 114 valence electrons. The molecule has 0 radical (unpaired) electrons. The second-order valence-corrected chi connectivity index (χ2v) is 6.92. The summed E-state index contributed by atoms with van der Waals surface area (Å²) in [6, 6.07) is 8.36. The first kappa shape index (κ1) is 15.1. The van der Waals surface area contributed by atoms with Crippen molar-refractivity contribution in [2.45, 2.75) is 32.7 Å². The van der Waals surface area contributed by atoms with E-state index in [0.29, 0.717) is 12.3 Å². The van der Waals surface area contributed by atoms with E-state index in [4.69, 9.17) is 0 Å². The standard InChI is InChI=1S/C18H20N2OS/c1-12-8-13(2)17(14(3)9-12)18-20(16(21)11-22-18)10-15-4-6-19-7-5-15/h4-9,18H,10-11H2,1-3H3. The Morgan fingerprint density at radius 2 is 1.82 bits per heavy atom. The molecule has 1 atom stereocenters. The summed E-state index contributed by atoms with van der Waals surface area (Å²) in [7, 11) is 0. The van der Waals surface area contributed by atoms with Gasteiger partial charge in [-0.05, 0) is 55.2 Å². The molecule has 4 heteroatoms. The van der Waals surface area contributed by atoms with Gasteiger partial charge in [0, 0.05) is 18.9 Å². The molecule has 1 fully saturated rings. The fourth-order valence-electron chi connectivity index (χ4n) is 3.13. The van der Waals surface area contributed by atoms with Gasteiger partial charge in [-0.3, -0.25) is 9.78 Å². The van der Waals surface area contributed by atoms with E-state index in [1.54, 1.807) is 24.2 Å². The number of amides is 1. The van der Waals surface area contributed by atoms with Crippen LogP contribution in [0.5, 0.6) is 0 Å². The van der Waals surface area contributed by atoms with Crippen LogP contribution in [0.25, 0.3) is 0 Å². The smallest absolute Gasteiger partial charge is 0.234 e. The summed E-state index contributed by atoms with van der Waals surface area (Å²) < 4.78 is 0. The van der Waals surface area contributed by atoms with Crippen LogP contribution in [-0.2, 0) is 11.3 Å². The lowest BCUT2D eigenvalue weighted by Crippen LogP contribution is -2.28. The molecule has 1 amide bonds. The summed E-state index contributed by atoms with van der Waals surface area (Å²) in [5.74, 6) is 0.772. The van der Waals surface area contributed by atoms with Crippen molar-refractivity contribution in [2.24, 2.45) is 0 Å². The first-order valence-corrected chi connectivity index (χ1v) is 8.49. The van der Waals surface area contributed by atoms with Gasteiger partial charge < -0.3 is 4.90 Å². The Morgan fingerprint density at radius 3 is 2.45 bits per heavy atom. The molecule has 2 heterocycles. The van der Waals surface area contributed by atoms with Crippen LogP contribution in [0.4, 0.5) is 0 Å². The molecule has 0 saturated carbocycles. The van der Waals surface area contributed by atoms with Gasteiger partial charge in [-0.1, -0.05) is 17.7 Å². The Kier molecular flexibility index (Phi) is 4.21. The van der Waals surface area contributed by atoms with E-state index in [9.17, 15) is 4.79 Å². The van der Waals surface area contributed by atoms with E-state index < -0.39 is 0 Å². The molecule has 2 aromatic rings. The number of thioether (sulfide) groups is 1. The summed E-state index contributed by atoms with van der Waals surface area (Å²) in [6.07, 6.45) is 3.56. The maximum absolute atomic E-state index is 12.3. The molecule has 1 aromatic carbocycles. The minimum Gasteiger partial charge on any atom is -0.321 e. The largest absolute Gasteiger partial charge is 0.321 e. The third-order valence-electron chi connectivity index (χ3n) is 4.06. The lowest BCUT2D eigenvalue weighted by atomic mass is 9.99. The predicted octanol–water partition coefficient (Wildman–Crippen LogP) is 3.78. The Hall–Kier alpha value is -1.81. The molecule has 3 nitrogen and oxygen atoms in total. The van der Waals surface area contributed by atoms with Crippen molar-refractivity contribution < 1.29 is 4.79 Å². The van der Waals surface area contributed by atoms with E-state index >= 15 is 0 Å². The molecule has 0 aliphatic carbocycles. The quantitative estimate of drug-likeness (QED) is 0.865. The van der Waals surface area contributed by atoms with Crippen molar-refractivity contribution >= 4 is 17.7 Å². The first-order valence-electron chi connectivity index (χ1n) is 7.44. The number of rotatable bonds is 3. The fourth-order valence-corrected chi connectivity index (χ4v) is 4.51. The highest BCUT2D eigenvalue weighted by molar-refractivity contribution is 8.00. The van der Waals surface area contributed by atoms with Crippen LogP contribution >= 0.6 is 11.8 Å².